The zero-order valence-corrected chi connectivity index (χ0v) is 11.9. The van der Waals surface area contributed by atoms with Gasteiger partial charge < -0.3 is 9.47 Å². The van der Waals surface area contributed by atoms with Crippen LogP contribution in [0, 0.1) is 5.92 Å². The Hall–Kier alpha value is -2.10. The SMILES string of the molecule is COc1ccc(-c2ccc3c(c2)OC(F)(F)C(C)C3)cc1. The van der Waals surface area contributed by atoms with Gasteiger partial charge >= 0.3 is 6.11 Å². The molecule has 0 N–H and O–H groups in total. The smallest absolute Gasteiger partial charge is 0.400 e. The Bertz CT molecular complexity index is 650. The minimum Gasteiger partial charge on any atom is -0.497 e. The van der Waals surface area contributed by atoms with Crippen molar-refractivity contribution < 1.29 is 18.3 Å². The van der Waals surface area contributed by atoms with E-state index in [4.69, 9.17) is 9.47 Å². The van der Waals surface area contributed by atoms with Gasteiger partial charge in [-0.15, -0.1) is 0 Å². The first-order valence-electron chi connectivity index (χ1n) is 6.84. The molecule has 1 atom stereocenters. The molecule has 2 nitrogen and oxygen atoms in total. The van der Waals surface area contributed by atoms with Gasteiger partial charge in [0.15, 0.2) is 0 Å². The van der Waals surface area contributed by atoms with E-state index in [0.29, 0.717) is 6.42 Å². The highest BCUT2D eigenvalue weighted by Gasteiger charge is 2.43. The Balaban J connectivity index is 1.95. The molecule has 0 amide bonds. The van der Waals surface area contributed by atoms with Crippen LogP contribution in [0.1, 0.15) is 12.5 Å². The minimum atomic E-state index is -3.11. The summed E-state index contributed by atoms with van der Waals surface area (Å²) in [7, 11) is 1.60. The second kappa shape index (κ2) is 5.02. The fraction of sp³-hybridized carbons (Fsp3) is 0.294. The number of fused-ring (bicyclic) bond motifs is 1. The van der Waals surface area contributed by atoms with E-state index in [0.717, 1.165) is 22.4 Å². The molecule has 1 heterocycles. The van der Waals surface area contributed by atoms with Gasteiger partial charge in [0, 0.05) is 0 Å². The van der Waals surface area contributed by atoms with Gasteiger partial charge in [0.25, 0.3) is 0 Å². The van der Waals surface area contributed by atoms with Crippen molar-refractivity contribution in [2.24, 2.45) is 5.92 Å². The van der Waals surface area contributed by atoms with Crippen molar-refractivity contribution in [1.82, 2.24) is 0 Å². The molecule has 1 unspecified atom stereocenters. The summed E-state index contributed by atoms with van der Waals surface area (Å²) in [5, 5.41) is 0. The summed E-state index contributed by atoms with van der Waals surface area (Å²) in [6.07, 6.45) is -2.78. The van der Waals surface area contributed by atoms with Crippen molar-refractivity contribution in [3.05, 3.63) is 48.0 Å². The van der Waals surface area contributed by atoms with Crippen LogP contribution in [-0.4, -0.2) is 13.2 Å². The minimum absolute atomic E-state index is 0.270. The lowest BCUT2D eigenvalue weighted by atomic mass is 9.94. The number of hydrogen-bond acceptors (Lipinski definition) is 2. The molecule has 1 aliphatic heterocycles. The molecule has 21 heavy (non-hydrogen) atoms. The normalized spacial score (nSPS) is 19.5. The monoisotopic (exact) mass is 290 g/mol. The second-order valence-corrected chi connectivity index (χ2v) is 5.32. The molecule has 4 heteroatoms. The van der Waals surface area contributed by atoms with Crippen LogP contribution in [0.5, 0.6) is 11.5 Å². The first-order valence-corrected chi connectivity index (χ1v) is 6.84. The lowest BCUT2D eigenvalue weighted by Gasteiger charge is -2.30. The largest absolute Gasteiger partial charge is 0.497 e. The first-order chi connectivity index (χ1) is 9.99. The maximum Gasteiger partial charge on any atom is 0.400 e. The highest BCUT2D eigenvalue weighted by molar-refractivity contribution is 5.67. The molecular weight excluding hydrogens is 274 g/mol. The third kappa shape index (κ3) is 2.58. The van der Waals surface area contributed by atoms with Crippen molar-refractivity contribution in [2.45, 2.75) is 19.5 Å². The predicted molar refractivity (Wildman–Crippen MR) is 76.9 cm³/mol. The average Bonchev–Trinajstić information content (AvgIpc) is 2.48. The Morgan fingerprint density at radius 3 is 2.43 bits per heavy atom. The molecule has 1 aliphatic rings. The number of hydrogen-bond donors (Lipinski definition) is 0. The van der Waals surface area contributed by atoms with Gasteiger partial charge in [-0.1, -0.05) is 31.2 Å². The molecule has 0 spiro atoms. The van der Waals surface area contributed by atoms with Crippen molar-refractivity contribution in [1.29, 1.82) is 0 Å². The molecule has 2 aromatic carbocycles. The number of rotatable bonds is 2. The molecule has 2 aromatic rings. The standard InChI is InChI=1S/C17H16F2O2/c1-11-9-14-4-3-13(10-16(14)21-17(11,18)19)12-5-7-15(20-2)8-6-12/h3-8,10-11H,9H2,1-2H3. The fourth-order valence-corrected chi connectivity index (χ4v) is 2.48. The van der Waals surface area contributed by atoms with Gasteiger partial charge in [0.2, 0.25) is 0 Å². The zero-order chi connectivity index (χ0) is 15.0. The molecule has 0 radical (unpaired) electrons. The van der Waals surface area contributed by atoms with Gasteiger partial charge in [-0.2, -0.15) is 8.78 Å². The van der Waals surface area contributed by atoms with Crippen molar-refractivity contribution in [2.75, 3.05) is 7.11 Å². The van der Waals surface area contributed by atoms with E-state index < -0.39 is 12.0 Å². The summed E-state index contributed by atoms with van der Waals surface area (Å²) in [5.41, 5.74) is 2.61. The Morgan fingerprint density at radius 1 is 1.10 bits per heavy atom. The Labute approximate surface area is 122 Å². The Kier molecular flexibility index (Phi) is 3.32. The molecule has 0 fully saturated rings. The molecule has 0 aliphatic carbocycles. The van der Waals surface area contributed by atoms with Crippen LogP contribution >= 0.6 is 0 Å². The molecule has 110 valence electrons. The fourth-order valence-electron chi connectivity index (χ4n) is 2.48. The molecule has 3 rings (SSSR count). The average molecular weight is 290 g/mol. The second-order valence-electron chi connectivity index (χ2n) is 5.32. The number of halogens is 2. The maximum absolute atomic E-state index is 13.7. The van der Waals surface area contributed by atoms with E-state index in [-0.39, 0.29) is 5.75 Å². The van der Waals surface area contributed by atoms with Gasteiger partial charge in [-0.05, 0) is 41.3 Å². The third-order valence-electron chi connectivity index (χ3n) is 3.84. The van der Waals surface area contributed by atoms with Crippen LogP contribution in [0.3, 0.4) is 0 Å². The molecule has 0 saturated carbocycles. The van der Waals surface area contributed by atoms with Crippen LogP contribution < -0.4 is 9.47 Å². The molecule has 0 bridgehead atoms. The van der Waals surface area contributed by atoms with E-state index in [1.165, 1.54) is 6.92 Å². The highest BCUT2D eigenvalue weighted by Crippen LogP contribution is 2.40. The van der Waals surface area contributed by atoms with Gasteiger partial charge in [0.05, 0.1) is 13.0 Å². The Morgan fingerprint density at radius 2 is 1.76 bits per heavy atom. The summed E-state index contributed by atoms with van der Waals surface area (Å²) < 4.78 is 37.3. The van der Waals surface area contributed by atoms with Crippen molar-refractivity contribution >= 4 is 0 Å². The van der Waals surface area contributed by atoms with Crippen LogP contribution in [-0.2, 0) is 6.42 Å². The van der Waals surface area contributed by atoms with Gasteiger partial charge in [0.1, 0.15) is 11.5 Å². The van der Waals surface area contributed by atoms with Gasteiger partial charge in [-0.3, -0.25) is 0 Å². The van der Waals surface area contributed by atoms with E-state index in [1.54, 1.807) is 13.2 Å². The van der Waals surface area contributed by atoms with Crippen LogP contribution in [0.15, 0.2) is 42.5 Å². The lowest BCUT2D eigenvalue weighted by Crippen LogP contribution is -2.37. The zero-order valence-electron chi connectivity index (χ0n) is 11.9. The maximum atomic E-state index is 13.7. The van der Waals surface area contributed by atoms with Crippen LogP contribution in [0.4, 0.5) is 8.78 Å². The third-order valence-corrected chi connectivity index (χ3v) is 3.84. The quantitative estimate of drug-likeness (QED) is 0.809. The molecule has 0 aromatic heterocycles. The van der Waals surface area contributed by atoms with Crippen molar-refractivity contribution in [3.8, 4) is 22.6 Å². The molecular formula is C17H16F2O2. The number of ether oxygens (including phenoxy) is 2. The highest BCUT2D eigenvalue weighted by atomic mass is 19.3. The van der Waals surface area contributed by atoms with E-state index in [2.05, 4.69) is 0 Å². The summed E-state index contributed by atoms with van der Waals surface area (Å²) in [6, 6.07) is 12.9. The topological polar surface area (TPSA) is 18.5 Å². The number of benzene rings is 2. The summed E-state index contributed by atoms with van der Waals surface area (Å²) >= 11 is 0. The summed E-state index contributed by atoms with van der Waals surface area (Å²) in [4.78, 5) is 0. The number of alkyl halides is 2. The van der Waals surface area contributed by atoms with Crippen molar-refractivity contribution in [3.63, 3.8) is 0 Å². The van der Waals surface area contributed by atoms with E-state index in [1.807, 2.05) is 36.4 Å². The first kappa shape index (κ1) is 13.9. The number of methoxy groups -OCH3 is 1. The van der Waals surface area contributed by atoms with Crippen LogP contribution in [0.2, 0.25) is 0 Å². The lowest BCUT2D eigenvalue weighted by molar-refractivity contribution is -0.218. The van der Waals surface area contributed by atoms with E-state index >= 15 is 0 Å². The predicted octanol–water partition coefficient (Wildman–Crippen LogP) is 4.53. The summed E-state index contributed by atoms with van der Waals surface area (Å²) in [5.74, 6) is 0.219. The summed E-state index contributed by atoms with van der Waals surface area (Å²) in [6.45, 7) is 1.50. The van der Waals surface area contributed by atoms with E-state index in [9.17, 15) is 8.78 Å². The van der Waals surface area contributed by atoms with Crippen LogP contribution in [0.25, 0.3) is 11.1 Å². The van der Waals surface area contributed by atoms with Gasteiger partial charge in [-0.25, -0.2) is 0 Å². The molecule has 0 saturated heterocycles.